The third-order valence-corrected chi connectivity index (χ3v) is 9.08. The molecule has 4 atom stereocenters. The number of aromatic hydroxyl groups is 1. The summed E-state index contributed by atoms with van der Waals surface area (Å²) in [4.78, 5) is 29.0. The summed E-state index contributed by atoms with van der Waals surface area (Å²) in [5.41, 5.74) is 4.06. The zero-order valence-corrected chi connectivity index (χ0v) is 22.6. The Labute approximate surface area is 226 Å². The van der Waals surface area contributed by atoms with Gasteiger partial charge < -0.3 is 19.5 Å². The second-order valence-corrected chi connectivity index (χ2v) is 11.3. The first-order valence-electron chi connectivity index (χ1n) is 14.3. The Morgan fingerprint density at radius 1 is 1.16 bits per heavy atom. The predicted molar refractivity (Wildman–Crippen MR) is 146 cm³/mol. The van der Waals surface area contributed by atoms with Crippen LogP contribution in [0.3, 0.4) is 0 Å². The first kappa shape index (κ1) is 27.2. The summed E-state index contributed by atoms with van der Waals surface area (Å²) >= 11 is 0. The average molecular weight is 521 g/mol. The van der Waals surface area contributed by atoms with Crippen LogP contribution in [0.1, 0.15) is 70.3 Å². The molecule has 0 bridgehead atoms. The SMILES string of the molecule is CC/C(=C\c1ccccc1O)CC[C@H]1OB(O)C[C@H]2C1=C(COC)C[C@H]1C(=O)N(C3CCCCC3)C(=O)[C@H]12. The molecule has 0 aromatic heterocycles. The molecule has 2 amide bonds. The molecule has 0 unspecified atom stereocenters. The van der Waals surface area contributed by atoms with Gasteiger partial charge >= 0.3 is 7.12 Å². The number of hydrogen-bond donors (Lipinski definition) is 2. The van der Waals surface area contributed by atoms with E-state index in [-0.39, 0.29) is 41.5 Å². The van der Waals surface area contributed by atoms with E-state index in [1.165, 1.54) is 5.57 Å². The lowest BCUT2D eigenvalue weighted by Crippen LogP contribution is -2.47. The second-order valence-electron chi connectivity index (χ2n) is 11.3. The van der Waals surface area contributed by atoms with Gasteiger partial charge in [-0.3, -0.25) is 14.5 Å². The summed E-state index contributed by atoms with van der Waals surface area (Å²) in [7, 11) is 0.678. The Bertz CT molecular complexity index is 1110. The molecule has 1 saturated carbocycles. The number of likely N-dealkylation sites (tertiary alicyclic amines) is 1. The molecule has 2 saturated heterocycles. The van der Waals surface area contributed by atoms with Crippen molar-refractivity contribution in [3.63, 3.8) is 0 Å². The third kappa shape index (κ3) is 5.23. The molecule has 2 aliphatic carbocycles. The first-order valence-corrected chi connectivity index (χ1v) is 14.3. The van der Waals surface area contributed by atoms with Crippen LogP contribution in [0.25, 0.3) is 6.08 Å². The predicted octanol–water partition coefficient (Wildman–Crippen LogP) is 4.74. The van der Waals surface area contributed by atoms with Crippen molar-refractivity contribution in [2.45, 2.75) is 83.2 Å². The number of carbonyl (C=O) groups excluding carboxylic acids is 2. The number of methoxy groups -OCH3 is 1. The van der Waals surface area contributed by atoms with Crippen molar-refractivity contribution in [3.8, 4) is 5.75 Å². The van der Waals surface area contributed by atoms with E-state index in [1.54, 1.807) is 24.1 Å². The number of benzene rings is 1. The van der Waals surface area contributed by atoms with Crippen LogP contribution >= 0.6 is 0 Å². The second kappa shape index (κ2) is 11.8. The van der Waals surface area contributed by atoms with Gasteiger partial charge in [0, 0.05) is 18.7 Å². The third-order valence-electron chi connectivity index (χ3n) is 9.08. The number of ether oxygens (including phenoxy) is 1. The van der Waals surface area contributed by atoms with Crippen LogP contribution in [0.4, 0.5) is 0 Å². The van der Waals surface area contributed by atoms with E-state index in [4.69, 9.17) is 9.39 Å². The summed E-state index contributed by atoms with van der Waals surface area (Å²) in [6, 6.07) is 7.29. The Morgan fingerprint density at radius 3 is 2.63 bits per heavy atom. The Morgan fingerprint density at radius 2 is 1.92 bits per heavy atom. The molecule has 0 radical (unpaired) electrons. The van der Waals surface area contributed by atoms with E-state index in [0.29, 0.717) is 25.8 Å². The summed E-state index contributed by atoms with van der Waals surface area (Å²) in [6.45, 7) is 2.49. The van der Waals surface area contributed by atoms with Gasteiger partial charge in [0.1, 0.15) is 5.75 Å². The lowest BCUT2D eigenvalue weighted by molar-refractivity contribution is -0.143. The molecule has 8 heteroatoms. The summed E-state index contributed by atoms with van der Waals surface area (Å²) < 4.78 is 11.7. The average Bonchev–Trinajstić information content (AvgIpc) is 3.17. The molecule has 2 aliphatic heterocycles. The van der Waals surface area contributed by atoms with E-state index < -0.39 is 13.0 Å². The molecule has 1 aromatic carbocycles. The monoisotopic (exact) mass is 521 g/mol. The van der Waals surface area contributed by atoms with E-state index >= 15 is 0 Å². The molecule has 4 aliphatic rings. The van der Waals surface area contributed by atoms with Crippen molar-refractivity contribution in [1.82, 2.24) is 4.90 Å². The number of phenolic OH excluding ortho intramolecular Hbond substituents is 1. The molecule has 204 valence electrons. The lowest BCUT2D eigenvalue weighted by atomic mass is 9.58. The number of fused-ring (bicyclic) bond motifs is 3. The summed E-state index contributed by atoms with van der Waals surface area (Å²) in [6.07, 6.45) is 9.78. The highest BCUT2D eigenvalue weighted by Crippen LogP contribution is 2.51. The highest BCUT2D eigenvalue weighted by atomic mass is 16.5. The van der Waals surface area contributed by atoms with E-state index in [9.17, 15) is 19.7 Å². The van der Waals surface area contributed by atoms with Crippen molar-refractivity contribution in [1.29, 1.82) is 0 Å². The van der Waals surface area contributed by atoms with Gasteiger partial charge in [-0.25, -0.2) is 0 Å². The molecule has 2 heterocycles. The number of nitrogens with zero attached hydrogens (tertiary/aromatic N) is 1. The molecule has 38 heavy (non-hydrogen) atoms. The number of amides is 2. The van der Waals surface area contributed by atoms with Crippen molar-refractivity contribution in [3.05, 3.63) is 46.5 Å². The highest BCUT2D eigenvalue weighted by Gasteiger charge is 2.58. The van der Waals surface area contributed by atoms with Crippen LogP contribution in [0.15, 0.2) is 41.0 Å². The molecule has 1 aromatic rings. The largest absolute Gasteiger partial charge is 0.507 e. The smallest absolute Gasteiger partial charge is 0.455 e. The van der Waals surface area contributed by atoms with Crippen LogP contribution in [0, 0.1) is 17.8 Å². The minimum atomic E-state index is -0.977. The summed E-state index contributed by atoms with van der Waals surface area (Å²) in [5, 5.41) is 21.0. The quantitative estimate of drug-likeness (QED) is 0.292. The van der Waals surface area contributed by atoms with Gasteiger partial charge in [0.15, 0.2) is 0 Å². The van der Waals surface area contributed by atoms with Crippen LogP contribution in [0.5, 0.6) is 5.75 Å². The van der Waals surface area contributed by atoms with Crippen LogP contribution in [-0.4, -0.2) is 59.8 Å². The number of para-hydroxylation sites is 1. The van der Waals surface area contributed by atoms with Crippen molar-refractivity contribution >= 4 is 25.0 Å². The van der Waals surface area contributed by atoms with Crippen LogP contribution in [0.2, 0.25) is 6.32 Å². The fourth-order valence-corrected chi connectivity index (χ4v) is 7.29. The molecule has 7 nitrogen and oxygen atoms in total. The molecular weight excluding hydrogens is 481 g/mol. The van der Waals surface area contributed by atoms with E-state index in [2.05, 4.69) is 6.92 Å². The van der Waals surface area contributed by atoms with Gasteiger partial charge in [-0.05, 0) is 68.0 Å². The van der Waals surface area contributed by atoms with Crippen LogP contribution in [-0.2, 0) is 19.0 Å². The molecule has 5 rings (SSSR count). The zero-order chi connectivity index (χ0) is 26.8. The Kier molecular flexibility index (Phi) is 8.41. The van der Waals surface area contributed by atoms with Crippen molar-refractivity contribution in [2.75, 3.05) is 13.7 Å². The number of carbonyl (C=O) groups is 2. The number of imide groups is 1. The minimum Gasteiger partial charge on any atom is -0.507 e. The number of hydrogen-bond acceptors (Lipinski definition) is 6. The molecular formula is C30H40BNO6. The van der Waals surface area contributed by atoms with E-state index in [0.717, 1.165) is 61.7 Å². The summed E-state index contributed by atoms with van der Waals surface area (Å²) in [5.74, 6) is -0.851. The Balaban J connectivity index is 1.41. The lowest BCUT2D eigenvalue weighted by Gasteiger charge is -2.43. The van der Waals surface area contributed by atoms with Gasteiger partial charge in [-0.15, -0.1) is 0 Å². The number of rotatable bonds is 8. The molecule has 3 fully saturated rings. The fraction of sp³-hybridized carbons (Fsp3) is 0.600. The van der Waals surface area contributed by atoms with Gasteiger partial charge in [0.25, 0.3) is 0 Å². The fourth-order valence-electron chi connectivity index (χ4n) is 7.29. The van der Waals surface area contributed by atoms with Crippen molar-refractivity contribution < 1.29 is 29.1 Å². The van der Waals surface area contributed by atoms with Gasteiger partial charge in [-0.1, -0.05) is 56.0 Å². The van der Waals surface area contributed by atoms with Crippen LogP contribution < -0.4 is 0 Å². The maximum absolute atomic E-state index is 13.8. The topological polar surface area (TPSA) is 96.3 Å². The molecule has 2 N–H and O–H groups in total. The van der Waals surface area contributed by atoms with Gasteiger partial charge in [0.05, 0.1) is 24.5 Å². The standard InChI is InChI=1S/C30H40BNO6/c1-3-19(15-20-9-7-8-12-25(20)33)13-14-26-27-21(18-37-2)16-23-28(24(27)17-31(36)38-26)30(35)32(29(23)34)22-10-5-4-6-11-22/h7-9,12,15,22-24,26,28,33,36H,3-6,10-11,13-14,16-18H2,1-2H3/b19-15+/t23-,24+,26-,28-/m1/s1. The number of allylic oxidation sites excluding steroid dienone is 1. The van der Waals surface area contributed by atoms with E-state index in [1.807, 2.05) is 18.2 Å². The minimum absolute atomic E-state index is 0.0101. The highest BCUT2D eigenvalue weighted by molar-refractivity contribution is 6.43. The maximum Gasteiger partial charge on any atom is 0.455 e. The van der Waals surface area contributed by atoms with Crippen molar-refractivity contribution in [2.24, 2.45) is 17.8 Å². The maximum atomic E-state index is 13.8. The van der Waals surface area contributed by atoms with Gasteiger partial charge in [0.2, 0.25) is 11.8 Å². The zero-order valence-electron chi connectivity index (χ0n) is 22.6. The first-order chi connectivity index (χ1) is 18.4. The molecule has 0 spiro atoms. The Hall–Kier alpha value is -2.42. The van der Waals surface area contributed by atoms with Gasteiger partial charge in [-0.2, -0.15) is 0 Å². The number of phenols is 1. The normalized spacial score (nSPS) is 28.7.